The number of benzene rings is 2. The molecular formula is C15H12O2. The minimum Gasteiger partial charge on any atom is -0.457 e. The van der Waals surface area contributed by atoms with E-state index in [-0.39, 0.29) is 6.61 Å². The van der Waals surface area contributed by atoms with Gasteiger partial charge in [0.05, 0.1) is 0 Å². The number of aliphatic hydroxyl groups excluding tert-OH is 1. The van der Waals surface area contributed by atoms with Crippen LogP contribution < -0.4 is 4.74 Å². The molecular weight excluding hydrogens is 212 g/mol. The molecule has 0 aliphatic heterocycles. The topological polar surface area (TPSA) is 29.5 Å². The molecule has 2 heteroatoms. The number of ether oxygens (including phenoxy) is 1. The summed E-state index contributed by atoms with van der Waals surface area (Å²) in [4.78, 5) is 0. The summed E-state index contributed by atoms with van der Waals surface area (Å²) in [6, 6.07) is 17.0. The Morgan fingerprint density at radius 3 is 2.47 bits per heavy atom. The smallest absolute Gasteiger partial charge is 0.128 e. The minimum absolute atomic E-state index is 0.135. The molecule has 0 spiro atoms. The summed E-state index contributed by atoms with van der Waals surface area (Å²) in [7, 11) is 0. The zero-order valence-corrected chi connectivity index (χ0v) is 9.26. The lowest BCUT2D eigenvalue weighted by molar-refractivity contribution is 0.350. The highest BCUT2D eigenvalue weighted by Gasteiger charge is 1.96. The Labute approximate surface area is 100 Å². The van der Waals surface area contributed by atoms with Gasteiger partial charge in [-0.15, -0.1) is 0 Å². The Hall–Kier alpha value is -2.24. The van der Waals surface area contributed by atoms with Gasteiger partial charge in [0, 0.05) is 5.56 Å². The maximum absolute atomic E-state index is 8.63. The van der Waals surface area contributed by atoms with E-state index in [0.717, 1.165) is 17.1 Å². The van der Waals surface area contributed by atoms with E-state index in [1.807, 2.05) is 54.6 Å². The second kappa shape index (κ2) is 5.74. The van der Waals surface area contributed by atoms with Crippen molar-refractivity contribution >= 4 is 0 Å². The van der Waals surface area contributed by atoms with Crippen molar-refractivity contribution in [3.63, 3.8) is 0 Å². The van der Waals surface area contributed by atoms with Crippen LogP contribution in [0.1, 0.15) is 5.56 Å². The van der Waals surface area contributed by atoms with Gasteiger partial charge < -0.3 is 9.84 Å². The number of para-hydroxylation sites is 1. The molecule has 1 N–H and O–H groups in total. The molecule has 0 unspecified atom stereocenters. The maximum atomic E-state index is 8.63. The minimum atomic E-state index is -0.135. The van der Waals surface area contributed by atoms with Gasteiger partial charge in [-0.1, -0.05) is 36.1 Å². The molecule has 0 aliphatic rings. The summed E-state index contributed by atoms with van der Waals surface area (Å²) in [5, 5.41) is 8.63. The molecule has 0 amide bonds. The number of rotatable bonds is 2. The van der Waals surface area contributed by atoms with Crippen LogP contribution in [-0.2, 0) is 0 Å². The molecule has 0 heterocycles. The van der Waals surface area contributed by atoms with E-state index < -0.39 is 0 Å². The fourth-order valence-electron chi connectivity index (χ4n) is 1.40. The zero-order valence-electron chi connectivity index (χ0n) is 9.26. The van der Waals surface area contributed by atoms with Gasteiger partial charge >= 0.3 is 0 Å². The van der Waals surface area contributed by atoms with Gasteiger partial charge in [-0.25, -0.2) is 0 Å². The van der Waals surface area contributed by atoms with E-state index in [1.54, 1.807) is 0 Å². The van der Waals surface area contributed by atoms with Crippen molar-refractivity contribution in [1.29, 1.82) is 0 Å². The summed E-state index contributed by atoms with van der Waals surface area (Å²) < 4.78 is 5.67. The second-order valence-corrected chi connectivity index (χ2v) is 3.40. The molecule has 0 fully saturated rings. The Balaban J connectivity index is 2.17. The van der Waals surface area contributed by atoms with Gasteiger partial charge in [-0.3, -0.25) is 0 Å². The van der Waals surface area contributed by atoms with Gasteiger partial charge in [-0.05, 0) is 30.3 Å². The molecule has 0 radical (unpaired) electrons. The first-order valence-corrected chi connectivity index (χ1v) is 5.31. The molecule has 0 saturated heterocycles. The van der Waals surface area contributed by atoms with Crippen molar-refractivity contribution in [2.75, 3.05) is 6.61 Å². The predicted molar refractivity (Wildman–Crippen MR) is 66.9 cm³/mol. The zero-order chi connectivity index (χ0) is 11.9. The lowest BCUT2D eigenvalue weighted by Crippen LogP contribution is -1.84. The average Bonchev–Trinajstić information content (AvgIpc) is 2.38. The highest BCUT2D eigenvalue weighted by Crippen LogP contribution is 2.21. The monoisotopic (exact) mass is 224 g/mol. The Kier molecular flexibility index (Phi) is 3.80. The Bertz CT molecular complexity index is 536. The summed E-state index contributed by atoms with van der Waals surface area (Å²) in [6.45, 7) is -0.135. The third-order valence-corrected chi connectivity index (χ3v) is 2.12. The van der Waals surface area contributed by atoms with Crippen LogP contribution in [-0.4, -0.2) is 11.7 Å². The van der Waals surface area contributed by atoms with Crippen LogP contribution in [0.5, 0.6) is 11.5 Å². The summed E-state index contributed by atoms with van der Waals surface area (Å²) in [6.07, 6.45) is 0. The third-order valence-electron chi connectivity index (χ3n) is 2.12. The van der Waals surface area contributed by atoms with E-state index in [4.69, 9.17) is 9.84 Å². The fraction of sp³-hybridized carbons (Fsp3) is 0.0667. The molecule has 84 valence electrons. The van der Waals surface area contributed by atoms with Crippen LogP contribution in [0.4, 0.5) is 0 Å². The first kappa shape index (κ1) is 11.3. The van der Waals surface area contributed by atoms with Crippen LogP contribution in [0.3, 0.4) is 0 Å². The first-order valence-electron chi connectivity index (χ1n) is 5.31. The van der Waals surface area contributed by atoms with Crippen molar-refractivity contribution < 1.29 is 9.84 Å². The van der Waals surface area contributed by atoms with Gasteiger partial charge in [0.15, 0.2) is 0 Å². The van der Waals surface area contributed by atoms with Gasteiger partial charge in [0.2, 0.25) is 0 Å². The van der Waals surface area contributed by atoms with Gasteiger partial charge in [0.1, 0.15) is 18.1 Å². The number of hydrogen-bond acceptors (Lipinski definition) is 2. The average molecular weight is 224 g/mol. The molecule has 0 aliphatic carbocycles. The van der Waals surface area contributed by atoms with E-state index in [1.165, 1.54) is 0 Å². The standard InChI is InChI=1S/C15H12O2/c16-11-5-7-13-6-4-10-15(12-13)17-14-8-2-1-3-9-14/h1-4,6,8-10,12,16H,11H2. The molecule has 17 heavy (non-hydrogen) atoms. The van der Waals surface area contributed by atoms with Crippen LogP contribution >= 0.6 is 0 Å². The van der Waals surface area contributed by atoms with Gasteiger partial charge in [0.25, 0.3) is 0 Å². The molecule has 0 atom stereocenters. The van der Waals surface area contributed by atoms with Crippen LogP contribution in [0.15, 0.2) is 54.6 Å². The highest BCUT2D eigenvalue weighted by atomic mass is 16.5. The highest BCUT2D eigenvalue weighted by molar-refractivity contribution is 5.41. The lowest BCUT2D eigenvalue weighted by Gasteiger charge is -2.05. The van der Waals surface area contributed by atoms with Crippen molar-refractivity contribution in [1.82, 2.24) is 0 Å². The van der Waals surface area contributed by atoms with Gasteiger partial charge in [-0.2, -0.15) is 0 Å². The quantitative estimate of drug-likeness (QED) is 0.795. The molecule has 2 aromatic rings. The van der Waals surface area contributed by atoms with Crippen molar-refractivity contribution in [3.05, 3.63) is 60.2 Å². The maximum Gasteiger partial charge on any atom is 0.128 e. The summed E-state index contributed by atoms with van der Waals surface area (Å²) in [5.41, 5.74) is 0.826. The van der Waals surface area contributed by atoms with E-state index in [0.29, 0.717) is 0 Å². The van der Waals surface area contributed by atoms with Crippen molar-refractivity contribution in [3.8, 4) is 23.3 Å². The summed E-state index contributed by atoms with van der Waals surface area (Å²) >= 11 is 0. The Morgan fingerprint density at radius 1 is 0.941 bits per heavy atom. The Morgan fingerprint density at radius 2 is 1.71 bits per heavy atom. The fourth-order valence-corrected chi connectivity index (χ4v) is 1.40. The van der Waals surface area contributed by atoms with Crippen LogP contribution in [0.2, 0.25) is 0 Å². The van der Waals surface area contributed by atoms with E-state index in [9.17, 15) is 0 Å². The predicted octanol–water partition coefficient (Wildman–Crippen LogP) is 2.82. The largest absolute Gasteiger partial charge is 0.457 e. The van der Waals surface area contributed by atoms with E-state index in [2.05, 4.69) is 11.8 Å². The second-order valence-electron chi connectivity index (χ2n) is 3.40. The third kappa shape index (κ3) is 3.37. The van der Waals surface area contributed by atoms with Crippen LogP contribution in [0, 0.1) is 11.8 Å². The molecule has 0 saturated carbocycles. The number of aliphatic hydroxyl groups is 1. The summed E-state index contributed by atoms with van der Waals surface area (Å²) in [5.74, 6) is 6.97. The van der Waals surface area contributed by atoms with Crippen molar-refractivity contribution in [2.24, 2.45) is 0 Å². The first-order chi connectivity index (χ1) is 8.38. The van der Waals surface area contributed by atoms with Crippen molar-refractivity contribution in [2.45, 2.75) is 0 Å². The van der Waals surface area contributed by atoms with E-state index >= 15 is 0 Å². The molecule has 2 rings (SSSR count). The lowest BCUT2D eigenvalue weighted by atomic mass is 10.2. The van der Waals surface area contributed by atoms with Crippen LogP contribution in [0.25, 0.3) is 0 Å². The SMILES string of the molecule is OCC#Cc1cccc(Oc2ccccc2)c1. The normalized spacial score (nSPS) is 9.24. The molecule has 2 nitrogen and oxygen atoms in total. The molecule has 0 aromatic heterocycles. The number of hydrogen-bond donors (Lipinski definition) is 1. The molecule has 2 aromatic carbocycles. The molecule has 0 bridgehead atoms.